The minimum absolute atomic E-state index is 0.0144. The third-order valence-electron chi connectivity index (χ3n) is 7.50. The molecule has 2 fully saturated rings. The number of carbonyl (C=O) groups excluding carboxylic acids is 3. The van der Waals surface area contributed by atoms with Crippen LogP contribution in [-0.4, -0.2) is 51.3 Å². The third kappa shape index (κ3) is 4.08. The Kier molecular flexibility index (Phi) is 5.66. The molecule has 1 atom stereocenters. The van der Waals surface area contributed by atoms with Gasteiger partial charge in [0.1, 0.15) is 5.60 Å². The highest BCUT2D eigenvalue weighted by Crippen LogP contribution is 2.36. The summed E-state index contributed by atoms with van der Waals surface area (Å²) in [4.78, 5) is 47.0. The van der Waals surface area contributed by atoms with Crippen LogP contribution in [0.15, 0.2) is 36.4 Å². The molecule has 3 aliphatic rings. The van der Waals surface area contributed by atoms with Gasteiger partial charge in [-0.2, -0.15) is 0 Å². The van der Waals surface area contributed by atoms with Crippen LogP contribution in [0, 0.1) is 12.8 Å². The van der Waals surface area contributed by atoms with Crippen molar-refractivity contribution in [1.29, 1.82) is 0 Å². The first-order valence-electron chi connectivity index (χ1n) is 12.1. The van der Waals surface area contributed by atoms with Crippen LogP contribution in [0.3, 0.4) is 0 Å². The molecule has 0 aliphatic carbocycles. The van der Waals surface area contributed by atoms with Crippen molar-refractivity contribution in [3.63, 3.8) is 0 Å². The Morgan fingerprint density at radius 1 is 1.00 bits per heavy atom. The standard InChI is InChI=1S/C27H31N3O4/c1-17-8-9-21(25(32)30-15-19-6-4-5-7-20(19)16-30)24(28-17)18-10-12-29(13-11-18)26(33)22-14-23(31)34-27(22,2)3/h4-9,18,22H,10-16H2,1-3H3. The highest BCUT2D eigenvalue weighted by molar-refractivity contribution is 5.96. The Morgan fingerprint density at radius 3 is 2.24 bits per heavy atom. The van der Waals surface area contributed by atoms with Gasteiger partial charge in [-0.05, 0) is 56.9 Å². The van der Waals surface area contributed by atoms with Crippen LogP contribution < -0.4 is 0 Å². The Balaban J connectivity index is 1.30. The molecule has 178 valence electrons. The van der Waals surface area contributed by atoms with Crippen molar-refractivity contribution in [3.05, 3.63) is 64.5 Å². The summed E-state index contributed by atoms with van der Waals surface area (Å²) < 4.78 is 5.35. The molecule has 1 aromatic heterocycles. The van der Waals surface area contributed by atoms with Gasteiger partial charge in [0.15, 0.2) is 0 Å². The summed E-state index contributed by atoms with van der Waals surface area (Å²) in [5, 5.41) is 0. The van der Waals surface area contributed by atoms with Gasteiger partial charge in [-0.25, -0.2) is 0 Å². The Hall–Kier alpha value is -3.22. The summed E-state index contributed by atoms with van der Waals surface area (Å²) in [6.07, 6.45) is 1.62. The predicted octanol–water partition coefficient (Wildman–Crippen LogP) is 3.59. The minimum atomic E-state index is -0.768. The van der Waals surface area contributed by atoms with Gasteiger partial charge in [0.2, 0.25) is 5.91 Å². The van der Waals surface area contributed by atoms with E-state index in [1.165, 1.54) is 11.1 Å². The number of carbonyl (C=O) groups is 3. The SMILES string of the molecule is Cc1ccc(C(=O)N2Cc3ccccc3C2)c(C2CCN(C(=O)C3CC(=O)OC3(C)C)CC2)n1. The number of aromatic nitrogens is 1. The fraction of sp³-hybridized carbons (Fsp3) is 0.481. The molecule has 4 heterocycles. The number of benzene rings is 1. The van der Waals surface area contributed by atoms with Crippen molar-refractivity contribution in [2.45, 2.75) is 64.6 Å². The van der Waals surface area contributed by atoms with E-state index in [9.17, 15) is 14.4 Å². The van der Waals surface area contributed by atoms with E-state index in [1.54, 1.807) is 13.8 Å². The molecule has 7 heteroatoms. The largest absolute Gasteiger partial charge is 0.459 e. The number of hydrogen-bond donors (Lipinski definition) is 0. The summed E-state index contributed by atoms with van der Waals surface area (Å²) in [5.74, 6) is -0.641. The number of fused-ring (bicyclic) bond motifs is 1. The quantitative estimate of drug-likeness (QED) is 0.653. The molecule has 1 aromatic carbocycles. The monoisotopic (exact) mass is 461 g/mol. The number of rotatable bonds is 3. The zero-order valence-electron chi connectivity index (χ0n) is 20.0. The molecular formula is C27H31N3O4. The highest BCUT2D eigenvalue weighted by Gasteiger charge is 2.48. The second-order valence-corrected chi connectivity index (χ2v) is 10.2. The van der Waals surface area contributed by atoms with E-state index in [2.05, 4.69) is 12.1 Å². The van der Waals surface area contributed by atoms with Crippen LogP contribution in [-0.2, 0) is 27.4 Å². The first-order valence-corrected chi connectivity index (χ1v) is 12.1. The number of esters is 1. The Labute approximate surface area is 200 Å². The van der Waals surface area contributed by atoms with Gasteiger partial charge in [0.05, 0.1) is 23.6 Å². The van der Waals surface area contributed by atoms with E-state index < -0.39 is 11.5 Å². The summed E-state index contributed by atoms with van der Waals surface area (Å²) >= 11 is 0. The first-order chi connectivity index (χ1) is 16.2. The summed E-state index contributed by atoms with van der Waals surface area (Å²) in [6, 6.07) is 12.0. The van der Waals surface area contributed by atoms with Crippen LogP contribution >= 0.6 is 0 Å². The molecule has 5 rings (SSSR count). The molecule has 0 spiro atoms. The summed E-state index contributed by atoms with van der Waals surface area (Å²) in [7, 11) is 0. The van der Waals surface area contributed by atoms with Crippen LogP contribution in [0.5, 0.6) is 0 Å². The molecule has 2 amide bonds. The lowest BCUT2D eigenvalue weighted by Gasteiger charge is -2.36. The maximum absolute atomic E-state index is 13.5. The molecule has 0 bridgehead atoms. The fourth-order valence-corrected chi connectivity index (χ4v) is 5.51. The molecule has 3 aliphatic heterocycles. The van der Waals surface area contributed by atoms with E-state index in [1.807, 2.05) is 41.0 Å². The highest BCUT2D eigenvalue weighted by atomic mass is 16.6. The molecule has 1 unspecified atom stereocenters. The molecule has 34 heavy (non-hydrogen) atoms. The smallest absolute Gasteiger partial charge is 0.307 e. The van der Waals surface area contributed by atoms with E-state index in [4.69, 9.17) is 9.72 Å². The van der Waals surface area contributed by atoms with Gasteiger partial charge in [-0.3, -0.25) is 19.4 Å². The van der Waals surface area contributed by atoms with Crippen molar-refractivity contribution in [2.24, 2.45) is 5.92 Å². The van der Waals surface area contributed by atoms with Crippen molar-refractivity contribution in [3.8, 4) is 0 Å². The van der Waals surface area contributed by atoms with Gasteiger partial charge < -0.3 is 14.5 Å². The third-order valence-corrected chi connectivity index (χ3v) is 7.50. The van der Waals surface area contributed by atoms with E-state index >= 15 is 0 Å². The van der Waals surface area contributed by atoms with Gasteiger partial charge in [-0.1, -0.05) is 24.3 Å². The number of cyclic esters (lactones) is 1. The zero-order chi connectivity index (χ0) is 24.0. The van der Waals surface area contributed by atoms with E-state index in [-0.39, 0.29) is 30.1 Å². The van der Waals surface area contributed by atoms with E-state index in [0.717, 1.165) is 24.2 Å². The maximum Gasteiger partial charge on any atom is 0.307 e. The Bertz CT molecular complexity index is 1130. The number of pyridine rings is 1. The van der Waals surface area contributed by atoms with Gasteiger partial charge >= 0.3 is 5.97 Å². The lowest BCUT2D eigenvalue weighted by Crippen LogP contribution is -2.46. The normalized spacial score (nSPS) is 22.0. The second-order valence-electron chi connectivity index (χ2n) is 10.2. The fourth-order valence-electron chi connectivity index (χ4n) is 5.51. The topological polar surface area (TPSA) is 79.8 Å². The van der Waals surface area contributed by atoms with Crippen molar-refractivity contribution in [2.75, 3.05) is 13.1 Å². The number of nitrogens with zero attached hydrogens (tertiary/aromatic N) is 3. The number of amides is 2. The molecule has 2 aromatic rings. The molecule has 7 nitrogen and oxygen atoms in total. The van der Waals surface area contributed by atoms with Gasteiger partial charge in [-0.15, -0.1) is 0 Å². The zero-order valence-corrected chi connectivity index (χ0v) is 20.0. The van der Waals surface area contributed by atoms with E-state index in [0.29, 0.717) is 31.7 Å². The number of ether oxygens (including phenoxy) is 1. The number of piperidine rings is 1. The first kappa shape index (κ1) is 22.6. The van der Waals surface area contributed by atoms with Crippen molar-refractivity contribution < 1.29 is 19.1 Å². The number of aryl methyl sites for hydroxylation is 1. The molecular weight excluding hydrogens is 430 g/mol. The summed E-state index contributed by atoms with van der Waals surface area (Å²) in [5.41, 5.74) is 4.02. The second kappa shape index (κ2) is 8.53. The summed E-state index contributed by atoms with van der Waals surface area (Å²) in [6.45, 7) is 7.96. The lowest BCUT2D eigenvalue weighted by molar-refractivity contribution is -0.149. The lowest BCUT2D eigenvalue weighted by atomic mass is 9.86. The number of likely N-dealkylation sites (tertiary alicyclic amines) is 1. The average Bonchev–Trinajstić information content (AvgIpc) is 3.37. The van der Waals surface area contributed by atoms with Crippen LogP contribution in [0.1, 0.15) is 71.9 Å². The maximum atomic E-state index is 13.5. The van der Waals surface area contributed by atoms with Crippen LogP contribution in [0.4, 0.5) is 0 Å². The molecule has 0 radical (unpaired) electrons. The Morgan fingerprint density at radius 2 is 1.65 bits per heavy atom. The number of hydrogen-bond acceptors (Lipinski definition) is 5. The van der Waals surface area contributed by atoms with Gasteiger partial charge in [0.25, 0.3) is 5.91 Å². The molecule has 0 N–H and O–H groups in total. The van der Waals surface area contributed by atoms with Crippen LogP contribution in [0.25, 0.3) is 0 Å². The van der Waals surface area contributed by atoms with Gasteiger partial charge in [0, 0.05) is 37.8 Å². The van der Waals surface area contributed by atoms with Crippen molar-refractivity contribution in [1.82, 2.24) is 14.8 Å². The molecule has 2 saturated heterocycles. The molecule has 0 saturated carbocycles. The van der Waals surface area contributed by atoms with Crippen LogP contribution in [0.2, 0.25) is 0 Å². The minimum Gasteiger partial charge on any atom is -0.459 e. The van der Waals surface area contributed by atoms with Crippen molar-refractivity contribution >= 4 is 17.8 Å². The predicted molar refractivity (Wildman–Crippen MR) is 126 cm³/mol. The average molecular weight is 462 g/mol.